The molecule has 0 aliphatic heterocycles. The number of methoxy groups -OCH3 is 1. The van der Waals surface area contributed by atoms with Gasteiger partial charge in [0, 0.05) is 17.0 Å². The predicted molar refractivity (Wildman–Crippen MR) is 80.8 cm³/mol. The first kappa shape index (κ1) is 16.7. The van der Waals surface area contributed by atoms with E-state index in [1.165, 1.54) is 7.11 Å². The molecule has 1 atom stereocenters. The molecule has 1 aliphatic rings. The fourth-order valence-corrected chi connectivity index (χ4v) is 4.29. The van der Waals surface area contributed by atoms with Crippen LogP contribution < -0.4 is 0 Å². The van der Waals surface area contributed by atoms with Crippen LogP contribution >= 0.6 is 57.4 Å². The van der Waals surface area contributed by atoms with Crippen molar-refractivity contribution in [2.24, 2.45) is 5.41 Å². The number of allylic oxidation sites excluding steroid dienone is 2. The van der Waals surface area contributed by atoms with Crippen LogP contribution in [-0.2, 0) is 14.3 Å². The Morgan fingerprint density at radius 1 is 1.28 bits per heavy atom. The summed E-state index contributed by atoms with van der Waals surface area (Å²) in [6, 6.07) is 0. The summed E-state index contributed by atoms with van der Waals surface area (Å²) in [5.41, 5.74) is -0.935. The molecular formula is C11H12Cl3IO3. The molecule has 0 heterocycles. The summed E-state index contributed by atoms with van der Waals surface area (Å²) in [7, 11) is 1.51. The van der Waals surface area contributed by atoms with Gasteiger partial charge < -0.3 is 4.74 Å². The highest BCUT2D eigenvalue weighted by molar-refractivity contribution is 14.1. The third-order valence-corrected chi connectivity index (χ3v) is 5.78. The van der Waals surface area contributed by atoms with Gasteiger partial charge in [0.2, 0.25) is 11.6 Å². The molecule has 3 nitrogen and oxygen atoms in total. The van der Waals surface area contributed by atoms with Crippen LogP contribution in [0.4, 0.5) is 0 Å². The number of carbonyl (C=O) groups excluding carboxylic acids is 2. The molecule has 0 fully saturated rings. The van der Waals surface area contributed by atoms with E-state index in [-0.39, 0.29) is 16.2 Å². The third kappa shape index (κ3) is 2.14. The molecule has 0 saturated carbocycles. The molecule has 0 bridgehead atoms. The maximum absolute atomic E-state index is 12.1. The third-order valence-electron chi connectivity index (χ3n) is 3.33. The average Bonchev–Trinajstić information content (AvgIpc) is 2.47. The number of carbonyl (C=O) groups is 2. The first-order valence-electron chi connectivity index (χ1n) is 5.08. The molecule has 1 rings (SSSR count). The molecule has 18 heavy (non-hydrogen) atoms. The summed E-state index contributed by atoms with van der Waals surface area (Å²) in [6.45, 7) is 3.39. The molecule has 0 spiro atoms. The molecule has 1 unspecified atom stereocenters. The van der Waals surface area contributed by atoms with Gasteiger partial charge in [0.25, 0.3) is 0 Å². The summed E-state index contributed by atoms with van der Waals surface area (Å²) in [5, 5.41) is -0.596. The molecule has 0 N–H and O–H groups in total. The Bertz CT molecular complexity index is 403. The van der Waals surface area contributed by atoms with Crippen molar-refractivity contribution in [3.63, 3.8) is 0 Å². The van der Waals surface area contributed by atoms with Crippen molar-refractivity contribution < 1.29 is 14.3 Å². The highest BCUT2D eigenvalue weighted by Crippen LogP contribution is 2.50. The Balaban J connectivity index is 3.32. The van der Waals surface area contributed by atoms with Crippen LogP contribution in [0.3, 0.4) is 0 Å². The lowest BCUT2D eigenvalue weighted by atomic mass is 9.71. The number of ketones is 2. The second kappa shape index (κ2) is 5.56. The van der Waals surface area contributed by atoms with Gasteiger partial charge in [-0.2, -0.15) is 0 Å². The fourth-order valence-electron chi connectivity index (χ4n) is 1.96. The molecule has 0 amide bonds. The van der Waals surface area contributed by atoms with E-state index in [4.69, 9.17) is 39.5 Å². The number of halogens is 4. The Morgan fingerprint density at radius 2 is 1.67 bits per heavy atom. The second-order valence-corrected chi connectivity index (χ2v) is 6.75. The summed E-state index contributed by atoms with van der Waals surface area (Å²) < 4.78 is 5.88. The van der Waals surface area contributed by atoms with Crippen LogP contribution in [0.5, 0.6) is 0 Å². The number of rotatable bonds is 4. The summed E-state index contributed by atoms with van der Waals surface area (Å²) in [6.07, 6.45) is -0.379. The lowest BCUT2D eigenvalue weighted by Crippen LogP contribution is -2.56. The normalized spacial score (nSPS) is 21.7. The SMILES string of the molecule is COC(CI)C(C)(C)C1(Cl)C(=O)C(Cl)=C(Cl)C1=O. The van der Waals surface area contributed by atoms with E-state index in [0.717, 1.165) is 0 Å². The highest BCUT2D eigenvalue weighted by Gasteiger charge is 2.63. The van der Waals surface area contributed by atoms with E-state index in [1.807, 2.05) is 0 Å². The van der Waals surface area contributed by atoms with Gasteiger partial charge in [0.05, 0.1) is 6.10 Å². The molecule has 0 radical (unpaired) electrons. The fraction of sp³-hybridized carbons (Fsp3) is 0.636. The Hall–Kier alpha value is 0.640. The van der Waals surface area contributed by atoms with Gasteiger partial charge >= 0.3 is 0 Å². The van der Waals surface area contributed by atoms with Crippen LogP contribution in [0.1, 0.15) is 13.8 Å². The van der Waals surface area contributed by atoms with Gasteiger partial charge in [-0.3, -0.25) is 9.59 Å². The largest absolute Gasteiger partial charge is 0.380 e. The number of hydrogen-bond donors (Lipinski definition) is 0. The van der Waals surface area contributed by atoms with Crippen LogP contribution in [0.15, 0.2) is 10.1 Å². The minimum Gasteiger partial charge on any atom is -0.380 e. The summed E-state index contributed by atoms with van der Waals surface area (Å²) >= 11 is 19.9. The summed E-state index contributed by atoms with van der Waals surface area (Å²) in [4.78, 5) is 22.5. The molecule has 102 valence electrons. The standard InChI is InChI=1S/C11H12Cl3IO3/c1-10(2,5(4-15)18-3)11(14)8(16)6(12)7(13)9(11)17/h5H,4H2,1-3H3. The summed E-state index contributed by atoms with van der Waals surface area (Å²) in [5.74, 6) is -1.31. The van der Waals surface area contributed by atoms with E-state index >= 15 is 0 Å². The Morgan fingerprint density at radius 3 is 1.94 bits per heavy atom. The van der Waals surface area contributed by atoms with Crippen molar-refractivity contribution in [2.75, 3.05) is 11.5 Å². The molecule has 0 aromatic heterocycles. The maximum atomic E-state index is 12.1. The van der Waals surface area contributed by atoms with Crippen molar-refractivity contribution in [2.45, 2.75) is 24.8 Å². The first-order chi connectivity index (χ1) is 8.16. The smallest absolute Gasteiger partial charge is 0.205 e. The van der Waals surface area contributed by atoms with Crippen LogP contribution in [-0.4, -0.2) is 34.1 Å². The zero-order valence-corrected chi connectivity index (χ0v) is 14.4. The molecule has 7 heteroatoms. The van der Waals surface area contributed by atoms with E-state index in [2.05, 4.69) is 22.6 Å². The van der Waals surface area contributed by atoms with Crippen molar-refractivity contribution >= 4 is 69.0 Å². The van der Waals surface area contributed by atoms with Crippen LogP contribution in [0.2, 0.25) is 0 Å². The zero-order chi connectivity index (χ0) is 14.3. The molecule has 0 saturated heterocycles. The minimum atomic E-state index is -1.80. The molecule has 0 aromatic rings. The molecule has 0 aromatic carbocycles. The number of Topliss-reactive ketones (excluding diaryl/α,β-unsaturated/α-hetero) is 2. The van der Waals surface area contributed by atoms with Crippen molar-refractivity contribution in [1.29, 1.82) is 0 Å². The van der Waals surface area contributed by atoms with Gasteiger partial charge in [-0.15, -0.1) is 11.6 Å². The van der Waals surface area contributed by atoms with Crippen LogP contribution in [0.25, 0.3) is 0 Å². The van der Waals surface area contributed by atoms with Gasteiger partial charge in [-0.1, -0.05) is 59.6 Å². The zero-order valence-electron chi connectivity index (χ0n) is 10.0. The lowest BCUT2D eigenvalue weighted by molar-refractivity contribution is -0.132. The minimum absolute atomic E-state index is 0.298. The topological polar surface area (TPSA) is 43.4 Å². The van der Waals surface area contributed by atoms with Gasteiger partial charge in [0.15, 0.2) is 4.87 Å². The molecular weight excluding hydrogens is 413 g/mol. The predicted octanol–water partition coefficient (Wildman–Crippen LogP) is 3.28. The van der Waals surface area contributed by atoms with E-state index < -0.39 is 21.9 Å². The number of alkyl halides is 2. The average molecular weight is 425 g/mol. The second-order valence-electron chi connectivity index (χ2n) is 4.55. The van der Waals surface area contributed by atoms with Gasteiger partial charge in [0.1, 0.15) is 10.1 Å². The van der Waals surface area contributed by atoms with Gasteiger partial charge in [-0.05, 0) is 0 Å². The van der Waals surface area contributed by atoms with Crippen molar-refractivity contribution in [3.05, 3.63) is 10.1 Å². The Kier molecular flexibility index (Phi) is 5.16. The lowest BCUT2D eigenvalue weighted by Gasteiger charge is -2.41. The Labute approximate surface area is 134 Å². The van der Waals surface area contributed by atoms with E-state index in [1.54, 1.807) is 13.8 Å². The number of ether oxygens (including phenoxy) is 1. The van der Waals surface area contributed by atoms with E-state index in [9.17, 15) is 9.59 Å². The van der Waals surface area contributed by atoms with Crippen molar-refractivity contribution in [1.82, 2.24) is 0 Å². The highest BCUT2D eigenvalue weighted by atomic mass is 127. The van der Waals surface area contributed by atoms with Gasteiger partial charge in [-0.25, -0.2) is 0 Å². The van der Waals surface area contributed by atoms with Crippen molar-refractivity contribution in [3.8, 4) is 0 Å². The quantitative estimate of drug-likeness (QED) is 0.395. The molecule has 1 aliphatic carbocycles. The first-order valence-corrected chi connectivity index (χ1v) is 7.74. The van der Waals surface area contributed by atoms with E-state index in [0.29, 0.717) is 4.43 Å². The van der Waals surface area contributed by atoms with Crippen LogP contribution in [0, 0.1) is 5.41 Å². The number of hydrogen-bond acceptors (Lipinski definition) is 3. The monoisotopic (exact) mass is 424 g/mol. The maximum Gasteiger partial charge on any atom is 0.205 e.